The molecule has 2 bridgehead atoms. The van der Waals surface area contributed by atoms with Gasteiger partial charge in [-0.3, -0.25) is 4.90 Å². The first-order valence-corrected chi connectivity index (χ1v) is 7.82. The molecule has 1 saturated heterocycles. The lowest BCUT2D eigenvalue weighted by Gasteiger charge is -2.47. The van der Waals surface area contributed by atoms with Crippen molar-refractivity contribution >= 4 is 0 Å². The summed E-state index contributed by atoms with van der Waals surface area (Å²) in [4.78, 5) is 2.60. The van der Waals surface area contributed by atoms with Crippen LogP contribution < -0.4 is 0 Å². The van der Waals surface area contributed by atoms with Gasteiger partial charge >= 0.3 is 0 Å². The SMILES string of the molecule is CCOCCN1C[C@@H](C)[C@@H]2C[C@H]1Cc1ccc(O)cc12. The standard InChI is InChI=1S/C17H25NO2/c1-3-20-7-6-18-11-12(2)16-9-14(18)8-13-4-5-15(19)10-17(13)16/h4-5,10,12,14,16,19H,3,6-9,11H2,1-2H3/t12-,14-,16+/m1/s1. The molecule has 3 atom stereocenters. The fourth-order valence-electron chi connectivity index (χ4n) is 3.93. The third-order valence-corrected chi connectivity index (χ3v) is 4.96. The number of hydrogen-bond acceptors (Lipinski definition) is 3. The fourth-order valence-corrected chi connectivity index (χ4v) is 3.93. The molecule has 1 aromatic carbocycles. The minimum Gasteiger partial charge on any atom is -0.508 e. The van der Waals surface area contributed by atoms with Gasteiger partial charge in [0.05, 0.1) is 6.61 Å². The van der Waals surface area contributed by atoms with E-state index in [0.29, 0.717) is 23.6 Å². The van der Waals surface area contributed by atoms with Crippen LogP contribution in [0.15, 0.2) is 18.2 Å². The van der Waals surface area contributed by atoms with Gasteiger partial charge in [-0.15, -0.1) is 0 Å². The molecule has 3 nitrogen and oxygen atoms in total. The second-order valence-electron chi connectivity index (χ2n) is 6.25. The van der Waals surface area contributed by atoms with Crippen LogP contribution in [0.2, 0.25) is 0 Å². The molecule has 0 saturated carbocycles. The second kappa shape index (κ2) is 5.74. The smallest absolute Gasteiger partial charge is 0.115 e. The van der Waals surface area contributed by atoms with Crippen molar-refractivity contribution in [1.82, 2.24) is 4.90 Å². The molecule has 1 aliphatic carbocycles. The van der Waals surface area contributed by atoms with Gasteiger partial charge in [-0.25, -0.2) is 0 Å². The number of hydrogen-bond donors (Lipinski definition) is 1. The van der Waals surface area contributed by atoms with Crippen LogP contribution in [0.1, 0.15) is 37.3 Å². The first-order valence-electron chi connectivity index (χ1n) is 7.82. The predicted molar refractivity (Wildman–Crippen MR) is 80.2 cm³/mol. The Morgan fingerprint density at radius 2 is 2.25 bits per heavy atom. The Balaban J connectivity index is 1.78. The van der Waals surface area contributed by atoms with Crippen molar-refractivity contribution < 1.29 is 9.84 Å². The van der Waals surface area contributed by atoms with E-state index in [4.69, 9.17) is 4.74 Å². The second-order valence-corrected chi connectivity index (χ2v) is 6.25. The molecule has 0 amide bonds. The quantitative estimate of drug-likeness (QED) is 0.858. The molecule has 0 unspecified atom stereocenters. The molecule has 0 spiro atoms. The van der Waals surface area contributed by atoms with E-state index in [0.717, 1.165) is 32.7 Å². The van der Waals surface area contributed by atoms with Crippen LogP contribution in [0.5, 0.6) is 5.75 Å². The Morgan fingerprint density at radius 3 is 3.05 bits per heavy atom. The molecule has 110 valence electrons. The van der Waals surface area contributed by atoms with E-state index >= 15 is 0 Å². The maximum atomic E-state index is 9.74. The molecule has 0 aromatic heterocycles. The molecule has 3 rings (SSSR count). The third-order valence-electron chi connectivity index (χ3n) is 4.96. The van der Waals surface area contributed by atoms with Gasteiger partial charge in [0.25, 0.3) is 0 Å². The van der Waals surface area contributed by atoms with Crippen LogP contribution in [0, 0.1) is 5.92 Å². The van der Waals surface area contributed by atoms with Crippen molar-refractivity contribution in [3.8, 4) is 5.75 Å². The number of nitrogens with zero attached hydrogens (tertiary/aromatic N) is 1. The Morgan fingerprint density at radius 1 is 1.40 bits per heavy atom. The summed E-state index contributed by atoms with van der Waals surface area (Å²) in [5.74, 6) is 1.67. The molecule has 1 heterocycles. The summed E-state index contributed by atoms with van der Waals surface area (Å²) in [7, 11) is 0. The van der Waals surface area contributed by atoms with E-state index in [1.807, 2.05) is 12.1 Å². The van der Waals surface area contributed by atoms with E-state index in [9.17, 15) is 5.11 Å². The van der Waals surface area contributed by atoms with Crippen LogP contribution in [0.4, 0.5) is 0 Å². The molecular formula is C17H25NO2. The first-order chi connectivity index (χ1) is 9.69. The van der Waals surface area contributed by atoms with E-state index in [2.05, 4.69) is 24.8 Å². The van der Waals surface area contributed by atoms with Gasteiger partial charge in [-0.1, -0.05) is 13.0 Å². The Labute approximate surface area is 121 Å². The molecular weight excluding hydrogens is 250 g/mol. The van der Waals surface area contributed by atoms with Crippen molar-refractivity contribution in [2.24, 2.45) is 5.92 Å². The lowest BCUT2D eigenvalue weighted by Crippen LogP contribution is -2.50. The average molecular weight is 275 g/mol. The van der Waals surface area contributed by atoms with E-state index < -0.39 is 0 Å². The normalized spacial score (nSPS) is 29.2. The summed E-state index contributed by atoms with van der Waals surface area (Å²) >= 11 is 0. The minimum atomic E-state index is 0.410. The minimum absolute atomic E-state index is 0.410. The third kappa shape index (κ3) is 2.57. The highest BCUT2D eigenvalue weighted by molar-refractivity contribution is 5.40. The van der Waals surface area contributed by atoms with E-state index in [1.54, 1.807) is 0 Å². The largest absolute Gasteiger partial charge is 0.508 e. The van der Waals surface area contributed by atoms with Crippen molar-refractivity contribution in [2.45, 2.75) is 38.6 Å². The Kier molecular flexibility index (Phi) is 3.99. The van der Waals surface area contributed by atoms with Gasteiger partial charge in [0.15, 0.2) is 0 Å². The zero-order valence-corrected chi connectivity index (χ0v) is 12.5. The predicted octanol–water partition coefficient (Wildman–Crippen LogP) is 2.78. The zero-order chi connectivity index (χ0) is 14.1. The van der Waals surface area contributed by atoms with Crippen molar-refractivity contribution in [3.05, 3.63) is 29.3 Å². The average Bonchev–Trinajstić information content (AvgIpc) is 2.44. The number of benzene rings is 1. The van der Waals surface area contributed by atoms with Gasteiger partial charge in [-0.05, 0) is 54.9 Å². The van der Waals surface area contributed by atoms with Crippen LogP contribution >= 0.6 is 0 Å². The zero-order valence-electron chi connectivity index (χ0n) is 12.5. The maximum Gasteiger partial charge on any atom is 0.115 e. The maximum absolute atomic E-state index is 9.74. The summed E-state index contributed by atoms with van der Waals surface area (Å²) < 4.78 is 5.52. The monoisotopic (exact) mass is 275 g/mol. The van der Waals surface area contributed by atoms with Gasteiger partial charge in [0, 0.05) is 25.7 Å². The van der Waals surface area contributed by atoms with Gasteiger partial charge in [-0.2, -0.15) is 0 Å². The Hall–Kier alpha value is -1.06. The van der Waals surface area contributed by atoms with Gasteiger partial charge in [0.2, 0.25) is 0 Å². The molecule has 0 radical (unpaired) electrons. The summed E-state index contributed by atoms with van der Waals surface area (Å²) in [5.41, 5.74) is 2.82. The van der Waals surface area contributed by atoms with Crippen molar-refractivity contribution in [3.63, 3.8) is 0 Å². The molecule has 2 aliphatic rings. The number of rotatable bonds is 4. The number of likely N-dealkylation sites (tertiary alicyclic amines) is 1. The lowest BCUT2D eigenvalue weighted by molar-refractivity contribution is 0.0476. The van der Waals surface area contributed by atoms with Gasteiger partial charge < -0.3 is 9.84 Å². The summed E-state index contributed by atoms with van der Waals surface area (Å²) in [6.07, 6.45) is 2.34. The molecule has 3 heteroatoms. The van der Waals surface area contributed by atoms with Crippen LogP contribution in [0.3, 0.4) is 0 Å². The Bertz CT molecular complexity index is 474. The topological polar surface area (TPSA) is 32.7 Å². The van der Waals surface area contributed by atoms with Crippen LogP contribution in [-0.2, 0) is 11.2 Å². The molecule has 20 heavy (non-hydrogen) atoms. The van der Waals surface area contributed by atoms with E-state index in [1.165, 1.54) is 17.5 Å². The lowest BCUT2D eigenvalue weighted by atomic mass is 9.71. The molecule has 1 fully saturated rings. The van der Waals surface area contributed by atoms with Crippen molar-refractivity contribution in [1.29, 1.82) is 0 Å². The number of phenols is 1. The van der Waals surface area contributed by atoms with Crippen molar-refractivity contribution in [2.75, 3.05) is 26.3 Å². The van der Waals surface area contributed by atoms with Crippen LogP contribution in [-0.4, -0.2) is 42.4 Å². The van der Waals surface area contributed by atoms with E-state index in [-0.39, 0.29) is 0 Å². The first kappa shape index (κ1) is 13.9. The summed E-state index contributed by atoms with van der Waals surface area (Å²) in [6.45, 7) is 8.23. The highest BCUT2D eigenvalue weighted by atomic mass is 16.5. The number of aromatic hydroxyl groups is 1. The molecule has 1 aromatic rings. The summed E-state index contributed by atoms with van der Waals surface area (Å²) in [6, 6.07) is 6.58. The highest BCUT2D eigenvalue weighted by Crippen LogP contribution is 2.43. The number of ether oxygens (including phenoxy) is 1. The fraction of sp³-hybridized carbons (Fsp3) is 0.647. The highest BCUT2D eigenvalue weighted by Gasteiger charge is 2.38. The van der Waals surface area contributed by atoms with Gasteiger partial charge in [0.1, 0.15) is 5.75 Å². The number of piperidine rings is 1. The molecule has 1 aliphatic heterocycles. The number of fused-ring (bicyclic) bond motifs is 4. The molecule has 1 N–H and O–H groups in total. The summed E-state index contributed by atoms with van der Waals surface area (Å²) in [5, 5.41) is 9.74. The van der Waals surface area contributed by atoms with Crippen LogP contribution in [0.25, 0.3) is 0 Å². The number of phenolic OH excluding ortho intramolecular Hbond substituents is 1.